The average Bonchev–Trinajstić information content (AvgIpc) is 2.73. The zero-order chi connectivity index (χ0) is 14.0. The molecule has 0 saturated carbocycles. The van der Waals surface area contributed by atoms with Crippen LogP contribution in [-0.2, 0) is 6.54 Å². The minimum absolute atomic E-state index is 0.0891. The molecule has 4 N–H and O–H groups in total. The molecule has 0 atom stereocenters. The fourth-order valence-electron chi connectivity index (χ4n) is 1.58. The van der Waals surface area contributed by atoms with Crippen molar-refractivity contribution in [2.75, 3.05) is 11.1 Å². The molecule has 0 saturated heterocycles. The lowest BCUT2D eigenvalue weighted by Crippen LogP contribution is -2.05. The van der Waals surface area contributed by atoms with Crippen LogP contribution >= 0.6 is 27.3 Å². The Bertz CT molecular complexity index is 627. The Morgan fingerprint density at radius 2 is 2.32 bits per heavy atom. The topological polar surface area (TPSA) is 88.2 Å². The molecule has 0 bridgehead atoms. The predicted molar refractivity (Wildman–Crippen MR) is 79.7 cm³/mol. The minimum Gasteiger partial charge on any atom is -0.478 e. The number of nitrogens with one attached hydrogen (secondary N) is 1. The highest BCUT2D eigenvalue weighted by Gasteiger charge is 2.12. The highest BCUT2D eigenvalue weighted by atomic mass is 79.9. The smallest absolute Gasteiger partial charge is 0.337 e. The molecule has 100 valence electrons. The number of aromatic nitrogens is 1. The number of carboxylic acids is 1. The first kappa shape index (κ1) is 13.8. The van der Waals surface area contributed by atoms with Gasteiger partial charge in [-0.15, -0.1) is 11.3 Å². The van der Waals surface area contributed by atoms with Crippen LogP contribution in [0.4, 0.5) is 11.4 Å². The van der Waals surface area contributed by atoms with E-state index in [9.17, 15) is 4.79 Å². The van der Waals surface area contributed by atoms with Crippen molar-refractivity contribution in [2.45, 2.75) is 13.5 Å². The number of thiazole rings is 1. The van der Waals surface area contributed by atoms with Gasteiger partial charge in [-0.25, -0.2) is 9.78 Å². The van der Waals surface area contributed by atoms with Crippen molar-refractivity contribution >= 4 is 44.6 Å². The number of nitrogens with two attached hydrogens (primary N) is 1. The Morgan fingerprint density at radius 1 is 1.58 bits per heavy atom. The highest BCUT2D eigenvalue weighted by Crippen LogP contribution is 2.29. The molecule has 0 amide bonds. The maximum absolute atomic E-state index is 11.0. The van der Waals surface area contributed by atoms with Crippen molar-refractivity contribution in [1.29, 1.82) is 0 Å². The van der Waals surface area contributed by atoms with E-state index in [0.29, 0.717) is 12.2 Å². The van der Waals surface area contributed by atoms with E-state index in [1.54, 1.807) is 23.6 Å². The summed E-state index contributed by atoms with van der Waals surface area (Å²) in [5.74, 6) is -1.04. The maximum Gasteiger partial charge on any atom is 0.337 e. The van der Waals surface area contributed by atoms with Crippen LogP contribution in [0.2, 0.25) is 0 Å². The molecule has 0 aliphatic heterocycles. The number of carbonyl (C=O) groups is 1. The van der Waals surface area contributed by atoms with E-state index in [1.165, 1.54) is 6.07 Å². The van der Waals surface area contributed by atoms with Crippen LogP contribution in [0.15, 0.2) is 22.8 Å². The second kappa shape index (κ2) is 5.58. The lowest BCUT2D eigenvalue weighted by Gasteiger charge is -2.10. The summed E-state index contributed by atoms with van der Waals surface area (Å²) in [4.78, 5) is 16.3. The summed E-state index contributed by atoms with van der Waals surface area (Å²) in [6.07, 6.45) is 1.80. The molecule has 0 spiro atoms. The molecular weight excluding hydrogens is 330 g/mol. The number of benzene rings is 1. The van der Waals surface area contributed by atoms with Crippen molar-refractivity contribution in [1.82, 2.24) is 4.98 Å². The van der Waals surface area contributed by atoms with E-state index in [-0.39, 0.29) is 11.3 Å². The van der Waals surface area contributed by atoms with Crippen LogP contribution < -0.4 is 11.1 Å². The number of hydrogen-bond acceptors (Lipinski definition) is 5. The largest absolute Gasteiger partial charge is 0.478 e. The predicted octanol–water partition coefficient (Wildman–Crippen LogP) is 3.11. The van der Waals surface area contributed by atoms with Crippen LogP contribution in [0.25, 0.3) is 0 Å². The van der Waals surface area contributed by atoms with Crippen molar-refractivity contribution in [2.24, 2.45) is 0 Å². The summed E-state index contributed by atoms with van der Waals surface area (Å²) in [5, 5.41) is 13.2. The van der Waals surface area contributed by atoms with Crippen molar-refractivity contribution < 1.29 is 9.90 Å². The summed E-state index contributed by atoms with van der Waals surface area (Å²) >= 11 is 4.96. The molecule has 19 heavy (non-hydrogen) atoms. The average molecular weight is 342 g/mol. The first-order chi connectivity index (χ1) is 8.97. The quantitative estimate of drug-likeness (QED) is 0.743. The summed E-state index contributed by atoms with van der Waals surface area (Å²) < 4.78 is 0.733. The maximum atomic E-state index is 11.0. The zero-order valence-corrected chi connectivity index (χ0v) is 12.5. The Kier molecular flexibility index (Phi) is 4.06. The van der Waals surface area contributed by atoms with Gasteiger partial charge in [-0.2, -0.15) is 0 Å². The first-order valence-corrected chi connectivity index (χ1v) is 7.06. The van der Waals surface area contributed by atoms with Gasteiger partial charge in [0.15, 0.2) is 0 Å². The lowest BCUT2D eigenvalue weighted by molar-refractivity contribution is 0.0698. The molecule has 0 fully saturated rings. The van der Waals surface area contributed by atoms with E-state index in [1.807, 2.05) is 6.92 Å². The van der Waals surface area contributed by atoms with Gasteiger partial charge >= 0.3 is 5.97 Å². The Morgan fingerprint density at radius 3 is 2.89 bits per heavy atom. The number of carboxylic acid groups (broad SMARTS) is 1. The molecule has 1 aromatic carbocycles. The van der Waals surface area contributed by atoms with Crippen LogP contribution in [0.1, 0.15) is 20.2 Å². The van der Waals surface area contributed by atoms with Gasteiger partial charge in [0.25, 0.3) is 0 Å². The summed E-state index contributed by atoms with van der Waals surface area (Å²) in [5.41, 5.74) is 6.67. The normalized spacial score (nSPS) is 10.4. The second-order valence-electron chi connectivity index (χ2n) is 3.92. The third kappa shape index (κ3) is 3.24. The third-order valence-electron chi connectivity index (χ3n) is 2.49. The van der Waals surface area contributed by atoms with Gasteiger partial charge in [0.1, 0.15) is 0 Å². The molecule has 1 aromatic heterocycles. The number of aryl methyl sites for hydroxylation is 1. The number of nitrogen functional groups attached to an aromatic ring is 1. The monoisotopic (exact) mass is 341 g/mol. The first-order valence-electron chi connectivity index (χ1n) is 5.45. The van der Waals surface area contributed by atoms with Crippen molar-refractivity contribution in [3.8, 4) is 0 Å². The Balaban J connectivity index is 2.20. The molecule has 5 nitrogen and oxygen atoms in total. The van der Waals surface area contributed by atoms with Crippen molar-refractivity contribution in [3.05, 3.63) is 38.3 Å². The van der Waals surface area contributed by atoms with E-state index in [2.05, 4.69) is 26.2 Å². The zero-order valence-electron chi connectivity index (χ0n) is 10.1. The van der Waals surface area contributed by atoms with Gasteiger partial charge in [0.2, 0.25) is 0 Å². The number of aromatic carboxylic acids is 1. The van der Waals surface area contributed by atoms with E-state index < -0.39 is 5.97 Å². The van der Waals surface area contributed by atoms with Crippen LogP contribution in [0.3, 0.4) is 0 Å². The second-order valence-corrected chi connectivity index (χ2v) is 6.10. The van der Waals surface area contributed by atoms with E-state index >= 15 is 0 Å². The van der Waals surface area contributed by atoms with Crippen molar-refractivity contribution in [3.63, 3.8) is 0 Å². The highest BCUT2D eigenvalue weighted by molar-refractivity contribution is 9.10. The third-order valence-corrected chi connectivity index (χ3v) is 4.06. The van der Waals surface area contributed by atoms with Crippen LogP contribution in [0.5, 0.6) is 0 Å². The molecule has 2 rings (SSSR count). The lowest BCUT2D eigenvalue weighted by atomic mass is 10.1. The van der Waals surface area contributed by atoms with Gasteiger partial charge in [0.05, 0.1) is 17.1 Å². The van der Waals surface area contributed by atoms with Crippen LogP contribution in [-0.4, -0.2) is 16.1 Å². The molecular formula is C12H12BrN3O2S. The number of halogens is 1. The molecule has 7 heteroatoms. The molecule has 2 aromatic rings. The SMILES string of the molecule is Cc1ncc(CNc2cc(C(=O)O)c(N)cc2Br)s1. The molecule has 0 unspecified atom stereocenters. The summed E-state index contributed by atoms with van der Waals surface area (Å²) in [7, 11) is 0. The fourth-order valence-corrected chi connectivity index (χ4v) is 2.81. The van der Waals surface area contributed by atoms with Crippen LogP contribution in [0, 0.1) is 6.92 Å². The van der Waals surface area contributed by atoms with Gasteiger partial charge in [-0.05, 0) is 35.0 Å². The molecule has 0 radical (unpaired) electrons. The number of rotatable bonds is 4. The number of anilines is 2. The van der Waals surface area contributed by atoms with Gasteiger partial charge in [-0.3, -0.25) is 0 Å². The number of nitrogens with zero attached hydrogens (tertiary/aromatic N) is 1. The Labute approximate surface area is 122 Å². The molecule has 0 aliphatic carbocycles. The van der Waals surface area contributed by atoms with Gasteiger partial charge < -0.3 is 16.2 Å². The van der Waals surface area contributed by atoms with E-state index in [4.69, 9.17) is 10.8 Å². The number of hydrogen-bond donors (Lipinski definition) is 3. The molecule has 1 heterocycles. The van der Waals surface area contributed by atoms with E-state index in [0.717, 1.165) is 14.4 Å². The Hall–Kier alpha value is -1.60. The van der Waals surface area contributed by atoms with Gasteiger partial charge in [-0.1, -0.05) is 0 Å². The molecule has 0 aliphatic rings. The minimum atomic E-state index is -1.04. The standard InChI is InChI=1S/C12H12BrN3O2S/c1-6-15-4-7(19-6)5-16-11-2-8(12(17)18)10(14)3-9(11)13/h2-4,16H,5,14H2,1H3,(H,17,18). The summed E-state index contributed by atoms with van der Waals surface area (Å²) in [6.45, 7) is 2.53. The van der Waals surface area contributed by atoms with Gasteiger partial charge in [0, 0.05) is 26.9 Å². The summed E-state index contributed by atoms with van der Waals surface area (Å²) in [6, 6.07) is 3.11. The fraction of sp³-hybridized carbons (Fsp3) is 0.167.